The van der Waals surface area contributed by atoms with Gasteiger partial charge in [0.25, 0.3) is 5.91 Å². The Morgan fingerprint density at radius 1 is 1.31 bits per heavy atom. The van der Waals surface area contributed by atoms with Gasteiger partial charge in [-0.15, -0.1) is 0 Å². The molecule has 0 aliphatic rings. The second-order valence-electron chi connectivity index (χ2n) is 6.27. The van der Waals surface area contributed by atoms with E-state index in [-0.39, 0.29) is 10.7 Å². The largest absolute Gasteiger partial charge is 0.379 e. The van der Waals surface area contributed by atoms with Gasteiger partial charge in [-0.3, -0.25) is 9.78 Å². The smallest absolute Gasteiger partial charge is 0.258 e. The Labute approximate surface area is 152 Å². The summed E-state index contributed by atoms with van der Waals surface area (Å²) in [7, 11) is -3.86. The van der Waals surface area contributed by atoms with Gasteiger partial charge in [0.1, 0.15) is 5.82 Å². The number of sulfone groups is 1. The summed E-state index contributed by atoms with van der Waals surface area (Å²) in [5, 5.41) is 12.8. The van der Waals surface area contributed by atoms with Gasteiger partial charge in [0.05, 0.1) is 17.2 Å². The first-order chi connectivity index (χ1) is 12.0. The Morgan fingerprint density at radius 2 is 1.92 bits per heavy atom. The summed E-state index contributed by atoms with van der Waals surface area (Å²) in [5.41, 5.74) is -0.302. The summed E-state index contributed by atoms with van der Waals surface area (Å²) in [6, 6.07) is 7.65. The van der Waals surface area contributed by atoms with Crippen molar-refractivity contribution in [3.8, 4) is 0 Å². The molecule has 2 N–H and O–H groups in total. The van der Waals surface area contributed by atoms with Crippen LogP contribution >= 0.6 is 0 Å². The van der Waals surface area contributed by atoms with Crippen LogP contribution in [0.4, 0.5) is 11.5 Å². The number of aromatic nitrogens is 1. The maximum absolute atomic E-state index is 12.5. The number of nitrogens with zero attached hydrogens (tertiary/aromatic N) is 2. The molecule has 8 heteroatoms. The molecule has 0 radical (unpaired) electrons. The maximum Gasteiger partial charge on any atom is 0.258 e. The fourth-order valence-corrected chi connectivity index (χ4v) is 3.84. The fourth-order valence-electron chi connectivity index (χ4n) is 2.25. The van der Waals surface area contributed by atoms with Crippen molar-refractivity contribution in [2.75, 3.05) is 11.1 Å². The predicted octanol–water partition coefficient (Wildman–Crippen LogP) is 2.41. The average Bonchev–Trinajstić information content (AvgIpc) is 2.54. The highest BCUT2D eigenvalue weighted by Gasteiger charge is 2.37. The third kappa shape index (κ3) is 4.45. The van der Waals surface area contributed by atoms with E-state index in [0.29, 0.717) is 11.3 Å². The molecule has 0 aliphatic heterocycles. The quantitative estimate of drug-likeness (QED) is 0.784. The molecule has 1 aromatic heterocycles. The summed E-state index contributed by atoms with van der Waals surface area (Å²) in [5.74, 6) is -1.53. The Hall–Kier alpha value is -2.76. The molecule has 0 spiro atoms. The van der Waals surface area contributed by atoms with E-state index in [9.17, 15) is 18.3 Å². The van der Waals surface area contributed by atoms with Crippen LogP contribution < -0.4 is 5.32 Å². The van der Waals surface area contributed by atoms with Crippen molar-refractivity contribution in [3.05, 3.63) is 59.1 Å². The number of hydrogen-bond acceptors (Lipinski definition) is 5. The topological polar surface area (TPSA) is 101 Å². The van der Waals surface area contributed by atoms with Crippen LogP contribution in [0, 0.1) is 20.4 Å². The maximum atomic E-state index is 12.5. The van der Waals surface area contributed by atoms with Gasteiger partial charge < -0.3 is 10.4 Å². The van der Waals surface area contributed by atoms with Crippen molar-refractivity contribution in [1.29, 1.82) is 0 Å². The third-order valence-corrected chi connectivity index (χ3v) is 5.72. The first-order valence-corrected chi connectivity index (χ1v) is 9.38. The molecule has 1 amide bonds. The van der Waals surface area contributed by atoms with Crippen molar-refractivity contribution < 1.29 is 18.3 Å². The van der Waals surface area contributed by atoms with Gasteiger partial charge in [0.2, 0.25) is 5.69 Å². The lowest BCUT2D eigenvalue weighted by Crippen LogP contribution is -2.45. The lowest BCUT2D eigenvalue weighted by atomic mass is 10.1. The molecular formula is C18H19N3O4S. The highest BCUT2D eigenvalue weighted by Crippen LogP contribution is 2.22. The van der Waals surface area contributed by atoms with Gasteiger partial charge >= 0.3 is 0 Å². The fraction of sp³-hybridized carbons (Fsp3) is 0.278. The zero-order valence-corrected chi connectivity index (χ0v) is 15.5. The molecule has 136 valence electrons. The third-order valence-electron chi connectivity index (χ3n) is 3.79. The van der Waals surface area contributed by atoms with Crippen LogP contribution in [0.3, 0.4) is 0 Å². The molecule has 7 nitrogen and oxygen atoms in total. The molecule has 1 atom stereocenters. The van der Waals surface area contributed by atoms with Gasteiger partial charge in [0.15, 0.2) is 15.4 Å². The Kier molecular flexibility index (Phi) is 5.44. The van der Waals surface area contributed by atoms with E-state index in [2.05, 4.69) is 15.1 Å². The first kappa shape index (κ1) is 19.6. The number of carbonyl (C=O) groups is 1. The van der Waals surface area contributed by atoms with Crippen molar-refractivity contribution in [1.82, 2.24) is 4.98 Å². The van der Waals surface area contributed by atoms with Gasteiger partial charge in [0, 0.05) is 6.20 Å². The Bertz CT molecular complexity index is 974. The summed E-state index contributed by atoms with van der Waals surface area (Å²) >= 11 is 0. The van der Waals surface area contributed by atoms with Crippen LogP contribution in [-0.2, 0) is 14.6 Å². The van der Waals surface area contributed by atoms with Crippen molar-refractivity contribution in [2.24, 2.45) is 0 Å². The van der Waals surface area contributed by atoms with Gasteiger partial charge in [-0.05, 0) is 44.5 Å². The minimum Gasteiger partial charge on any atom is -0.379 e. The van der Waals surface area contributed by atoms with Crippen LogP contribution in [0.5, 0.6) is 0 Å². The van der Waals surface area contributed by atoms with Crippen LogP contribution in [0.25, 0.3) is 4.85 Å². The minimum absolute atomic E-state index is 0.0338. The molecule has 0 fully saturated rings. The van der Waals surface area contributed by atoms with E-state index in [0.717, 1.165) is 12.5 Å². The van der Waals surface area contributed by atoms with Crippen LogP contribution in [0.1, 0.15) is 18.1 Å². The van der Waals surface area contributed by atoms with Crippen molar-refractivity contribution >= 4 is 27.2 Å². The number of nitrogens with one attached hydrogen (secondary N) is 1. The van der Waals surface area contributed by atoms with Crippen molar-refractivity contribution in [2.45, 2.75) is 31.3 Å². The molecule has 1 heterocycles. The monoisotopic (exact) mass is 373 g/mol. The van der Waals surface area contributed by atoms with E-state index in [4.69, 9.17) is 6.57 Å². The molecule has 1 aromatic carbocycles. The van der Waals surface area contributed by atoms with Crippen LogP contribution in [0.15, 0.2) is 41.4 Å². The predicted molar refractivity (Wildman–Crippen MR) is 97.7 cm³/mol. The molecule has 0 aliphatic carbocycles. The summed E-state index contributed by atoms with van der Waals surface area (Å²) in [6.45, 7) is 11.6. The summed E-state index contributed by atoms with van der Waals surface area (Å²) in [6.07, 6.45) is 1.30. The van der Waals surface area contributed by atoms with E-state index in [1.807, 2.05) is 6.92 Å². The molecule has 0 saturated carbocycles. The summed E-state index contributed by atoms with van der Waals surface area (Å²) in [4.78, 5) is 19.6. The number of carbonyl (C=O) groups excluding carboxylic acids is 1. The molecule has 26 heavy (non-hydrogen) atoms. The number of benzene rings is 1. The van der Waals surface area contributed by atoms with E-state index in [1.54, 1.807) is 19.1 Å². The number of aryl methyl sites for hydroxylation is 2. The molecular weight excluding hydrogens is 354 g/mol. The number of aliphatic hydroxyl groups is 1. The Balaban J connectivity index is 2.18. The summed E-state index contributed by atoms with van der Waals surface area (Å²) < 4.78 is 24.9. The van der Waals surface area contributed by atoms with E-state index >= 15 is 0 Å². The van der Waals surface area contributed by atoms with Gasteiger partial charge in [-0.25, -0.2) is 13.3 Å². The Morgan fingerprint density at radius 3 is 2.46 bits per heavy atom. The molecule has 2 aromatic rings. The lowest BCUT2D eigenvalue weighted by Gasteiger charge is -2.22. The van der Waals surface area contributed by atoms with E-state index < -0.39 is 27.1 Å². The number of amides is 1. The molecule has 0 bridgehead atoms. The van der Waals surface area contributed by atoms with Crippen molar-refractivity contribution in [3.63, 3.8) is 0 Å². The molecule has 0 unspecified atom stereocenters. The van der Waals surface area contributed by atoms with Gasteiger partial charge in [-0.1, -0.05) is 17.7 Å². The van der Waals surface area contributed by atoms with E-state index in [1.165, 1.54) is 24.4 Å². The molecule has 2 rings (SSSR count). The second kappa shape index (κ2) is 7.23. The number of anilines is 1. The SMILES string of the molecule is [C-]#[N+]c1cnc(NC(=O)[C@@](C)(O)CS(=O)(=O)c2ccc(C)cc2)cc1C. The normalized spacial score (nSPS) is 13.5. The standard InChI is InChI=1S/C18H19N3O4S/c1-12-5-7-14(8-6-12)26(24,25)11-18(3,23)17(22)21-16-9-13(2)15(19-4)10-20-16/h5-10,23H,11H2,1-3H3,(H,20,21,22)/t18-/m0/s1. The minimum atomic E-state index is -3.86. The van der Waals surface area contributed by atoms with Crippen LogP contribution in [0.2, 0.25) is 0 Å². The number of pyridine rings is 1. The lowest BCUT2D eigenvalue weighted by molar-refractivity contribution is -0.130. The van der Waals surface area contributed by atoms with Crippen LogP contribution in [-0.4, -0.2) is 35.8 Å². The number of hydrogen-bond donors (Lipinski definition) is 2. The second-order valence-corrected chi connectivity index (χ2v) is 8.26. The number of rotatable bonds is 5. The highest BCUT2D eigenvalue weighted by atomic mass is 32.2. The zero-order valence-electron chi connectivity index (χ0n) is 14.6. The highest BCUT2D eigenvalue weighted by molar-refractivity contribution is 7.91. The average molecular weight is 373 g/mol. The zero-order chi connectivity index (χ0) is 19.5. The molecule has 0 saturated heterocycles. The van der Waals surface area contributed by atoms with Gasteiger partial charge in [-0.2, -0.15) is 0 Å². The first-order valence-electron chi connectivity index (χ1n) is 7.72.